The van der Waals surface area contributed by atoms with Gasteiger partial charge in [0.1, 0.15) is 11.4 Å². The predicted molar refractivity (Wildman–Crippen MR) is 62.4 cm³/mol. The van der Waals surface area contributed by atoms with E-state index in [1.165, 1.54) is 0 Å². The Morgan fingerprint density at radius 2 is 2.19 bits per heavy atom. The van der Waals surface area contributed by atoms with Crippen LogP contribution in [0.3, 0.4) is 0 Å². The first-order valence-corrected chi connectivity index (χ1v) is 5.77. The lowest BCUT2D eigenvalue weighted by molar-refractivity contribution is -0.121. The molecule has 2 heteroatoms. The monoisotopic (exact) mass is 214 g/mol. The van der Waals surface area contributed by atoms with E-state index in [1.807, 2.05) is 25.1 Å². The minimum absolute atomic E-state index is 0.166. The molecule has 1 fully saturated rings. The summed E-state index contributed by atoms with van der Waals surface area (Å²) in [6, 6.07) is 8.05. The van der Waals surface area contributed by atoms with Gasteiger partial charge in [-0.15, -0.1) is 0 Å². The van der Waals surface area contributed by atoms with Gasteiger partial charge < -0.3 is 4.42 Å². The standard InChI is InChI=1S/C14H14O2/c1-2-13(15)14(6-7-14)11-3-4-12-10(9-11)5-8-16-12/h3-5,8-9H,2,6-7H2,1H3. The van der Waals surface area contributed by atoms with Gasteiger partial charge in [0.15, 0.2) is 0 Å². The largest absolute Gasteiger partial charge is 0.464 e. The van der Waals surface area contributed by atoms with Crippen LogP contribution in [-0.4, -0.2) is 5.78 Å². The van der Waals surface area contributed by atoms with Crippen LogP contribution in [0.2, 0.25) is 0 Å². The molecule has 0 unspecified atom stereocenters. The highest BCUT2D eigenvalue weighted by Gasteiger charge is 2.49. The van der Waals surface area contributed by atoms with Crippen LogP contribution in [0.15, 0.2) is 34.9 Å². The minimum Gasteiger partial charge on any atom is -0.464 e. The van der Waals surface area contributed by atoms with Crippen LogP contribution < -0.4 is 0 Å². The first-order chi connectivity index (χ1) is 7.76. The fourth-order valence-electron chi connectivity index (χ4n) is 2.46. The molecule has 1 heterocycles. The van der Waals surface area contributed by atoms with Crippen LogP contribution in [0.25, 0.3) is 11.0 Å². The van der Waals surface area contributed by atoms with E-state index in [1.54, 1.807) is 6.26 Å². The Kier molecular flexibility index (Phi) is 1.93. The number of fused-ring (bicyclic) bond motifs is 1. The van der Waals surface area contributed by atoms with Gasteiger partial charge in [0.2, 0.25) is 0 Å². The number of hydrogen-bond acceptors (Lipinski definition) is 2. The molecule has 0 bridgehead atoms. The van der Waals surface area contributed by atoms with Crippen molar-refractivity contribution in [2.75, 3.05) is 0 Å². The number of hydrogen-bond donors (Lipinski definition) is 0. The second-order valence-electron chi connectivity index (χ2n) is 4.53. The van der Waals surface area contributed by atoms with Gasteiger partial charge in [0.05, 0.1) is 11.7 Å². The van der Waals surface area contributed by atoms with Gasteiger partial charge >= 0.3 is 0 Å². The summed E-state index contributed by atoms with van der Waals surface area (Å²) in [4.78, 5) is 11.9. The van der Waals surface area contributed by atoms with Crippen LogP contribution in [0.1, 0.15) is 31.7 Å². The van der Waals surface area contributed by atoms with E-state index in [2.05, 4.69) is 6.07 Å². The number of carbonyl (C=O) groups excluding carboxylic acids is 1. The molecule has 0 atom stereocenters. The van der Waals surface area contributed by atoms with Gasteiger partial charge in [-0.25, -0.2) is 0 Å². The first-order valence-electron chi connectivity index (χ1n) is 5.77. The Balaban J connectivity index is 2.09. The van der Waals surface area contributed by atoms with Crippen molar-refractivity contribution in [2.45, 2.75) is 31.6 Å². The van der Waals surface area contributed by atoms with Crippen LogP contribution in [-0.2, 0) is 10.2 Å². The molecule has 0 amide bonds. The predicted octanol–water partition coefficient (Wildman–Crippen LogP) is 3.44. The van der Waals surface area contributed by atoms with Crippen LogP contribution in [0, 0.1) is 0 Å². The summed E-state index contributed by atoms with van der Waals surface area (Å²) in [7, 11) is 0. The summed E-state index contributed by atoms with van der Waals surface area (Å²) < 4.78 is 5.31. The molecule has 1 aliphatic carbocycles. The van der Waals surface area contributed by atoms with E-state index in [4.69, 9.17) is 4.42 Å². The van der Waals surface area contributed by atoms with Crippen molar-refractivity contribution < 1.29 is 9.21 Å². The Morgan fingerprint density at radius 3 is 2.88 bits per heavy atom. The molecule has 1 aromatic carbocycles. The molecule has 0 spiro atoms. The Labute approximate surface area is 94.3 Å². The first kappa shape index (κ1) is 9.64. The highest BCUT2D eigenvalue weighted by Crippen LogP contribution is 2.50. The summed E-state index contributed by atoms with van der Waals surface area (Å²) in [6.45, 7) is 1.94. The molecule has 0 N–H and O–H groups in total. The second kappa shape index (κ2) is 3.21. The zero-order valence-corrected chi connectivity index (χ0v) is 9.32. The molecule has 0 aliphatic heterocycles. The molecule has 16 heavy (non-hydrogen) atoms. The van der Waals surface area contributed by atoms with E-state index in [9.17, 15) is 4.79 Å². The summed E-state index contributed by atoms with van der Waals surface area (Å²) in [6.07, 6.45) is 4.32. The fourth-order valence-corrected chi connectivity index (χ4v) is 2.46. The van der Waals surface area contributed by atoms with Gasteiger partial charge in [-0.05, 0) is 36.6 Å². The van der Waals surface area contributed by atoms with E-state index in [-0.39, 0.29) is 5.41 Å². The highest BCUT2D eigenvalue weighted by molar-refractivity contribution is 5.94. The van der Waals surface area contributed by atoms with E-state index < -0.39 is 0 Å². The molecular weight excluding hydrogens is 200 g/mol. The Hall–Kier alpha value is -1.57. The quantitative estimate of drug-likeness (QED) is 0.783. The van der Waals surface area contributed by atoms with Crippen LogP contribution >= 0.6 is 0 Å². The average Bonchev–Trinajstić information content (AvgIpc) is 3.00. The molecule has 82 valence electrons. The van der Waals surface area contributed by atoms with E-state index >= 15 is 0 Å². The maximum Gasteiger partial charge on any atom is 0.143 e. The van der Waals surface area contributed by atoms with Crippen molar-refractivity contribution >= 4 is 16.8 Å². The Morgan fingerprint density at radius 1 is 1.38 bits per heavy atom. The number of Topliss-reactive ketones (excluding diaryl/α,β-unsaturated/α-hetero) is 1. The number of ketones is 1. The number of rotatable bonds is 3. The highest BCUT2D eigenvalue weighted by atomic mass is 16.3. The van der Waals surface area contributed by atoms with Gasteiger partial charge in [0.25, 0.3) is 0 Å². The molecule has 2 aromatic rings. The topological polar surface area (TPSA) is 30.2 Å². The summed E-state index contributed by atoms with van der Waals surface area (Å²) in [5, 5.41) is 1.09. The van der Waals surface area contributed by atoms with Gasteiger partial charge in [0, 0.05) is 11.8 Å². The maximum atomic E-state index is 11.9. The number of furan rings is 1. The lowest BCUT2D eigenvalue weighted by atomic mass is 9.89. The Bertz CT molecular complexity index is 547. The molecule has 0 radical (unpaired) electrons. The fraction of sp³-hybridized carbons (Fsp3) is 0.357. The summed E-state index contributed by atoms with van der Waals surface area (Å²) >= 11 is 0. The van der Waals surface area contributed by atoms with E-state index in [0.29, 0.717) is 12.2 Å². The van der Waals surface area contributed by atoms with Crippen molar-refractivity contribution in [1.29, 1.82) is 0 Å². The second-order valence-corrected chi connectivity index (χ2v) is 4.53. The number of carbonyl (C=O) groups is 1. The van der Waals surface area contributed by atoms with Crippen molar-refractivity contribution in [2.24, 2.45) is 0 Å². The molecule has 2 nitrogen and oxygen atoms in total. The minimum atomic E-state index is -0.166. The molecule has 3 rings (SSSR count). The van der Waals surface area contributed by atoms with E-state index in [0.717, 1.165) is 29.4 Å². The van der Waals surface area contributed by atoms with Crippen LogP contribution in [0.5, 0.6) is 0 Å². The normalized spacial score (nSPS) is 17.6. The third-order valence-electron chi connectivity index (χ3n) is 3.61. The van der Waals surface area contributed by atoms with Crippen LogP contribution in [0.4, 0.5) is 0 Å². The molecule has 1 aliphatic rings. The molecule has 1 aromatic heterocycles. The third-order valence-corrected chi connectivity index (χ3v) is 3.61. The van der Waals surface area contributed by atoms with Gasteiger partial charge in [-0.1, -0.05) is 13.0 Å². The number of benzene rings is 1. The van der Waals surface area contributed by atoms with Crippen molar-refractivity contribution in [3.05, 3.63) is 36.1 Å². The lowest BCUT2D eigenvalue weighted by Crippen LogP contribution is -2.19. The summed E-state index contributed by atoms with van der Waals surface area (Å²) in [5.41, 5.74) is 1.89. The average molecular weight is 214 g/mol. The van der Waals surface area contributed by atoms with Crippen molar-refractivity contribution in [1.82, 2.24) is 0 Å². The zero-order valence-electron chi connectivity index (χ0n) is 9.32. The SMILES string of the molecule is CCC(=O)C1(c2ccc3occc3c2)CC1. The maximum absolute atomic E-state index is 11.9. The third kappa shape index (κ3) is 1.22. The molecular formula is C14H14O2. The smallest absolute Gasteiger partial charge is 0.143 e. The zero-order chi connectivity index (χ0) is 11.2. The van der Waals surface area contributed by atoms with Gasteiger partial charge in [-0.3, -0.25) is 4.79 Å². The molecule has 1 saturated carbocycles. The van der Waals surface area contributed by atoms with Gasteiger partial charge in [-0.2, -0.15) is 0 Å². The van der Waals surface area contributed by atoms with Crippen molar-refractivity contribution in [3.8, 4) is 0 Å². The lowest BCUT2D eigenvalue weighted by Gasteiger charge is -2.13. The van der Waals surface area contributed by atoms with Crippen molar-refractivity contribution in [3.63, 3.8) is 0 Å². The summed E-state index contributed by atoms with van der Waals surface area (Å²) in [5.74, 6) is 0.371. The molecule has 0 saturated heterocycles.